The average Bonchev–Trinajstić information content (AvgIpc) is 2.49. The molecule has 2 aromatic rings. The van der Waals surface area contributed by atoms with Crippen molar-refractivity contribution in [1.82, 2.24) is 15.4 Å². The number of carbonyl (C=O) groups is 1. The lowest BCUT2D eigenvalue weighted by molar-refractivity contribution is -0.129. The van der Waals surface area contributed by atoms with Gasteiger partial charge in [0.1, 0.15) is 0 Å². The van der Waals surface area contributed by atoms with E-state index in [4.69, 9.17) is 23.2 Å². The Balaban J connectivity index is 1.77. The number of hydrogen-bond donors (Lipinski definition) is 2. The van der Waals surface area contributed by atoms with Gasteiger partial charge in [-0.25, -0.2) is 4.98 Å². The van der Waals surface area contributed by atoms with Gasteiger partial charge in [-0.3, -0.25) is 20.6 Å². The molecule has 1 aliphatic carbocycles. The summed E-state index contributed by atoms with van der Waals surface area (Å²) in [7, 11) is 0. The normalized spacial score (nSPS) is 15.7. The molecule has 3 rings (SSSR count). The Labute approximate surface area is 138 Å². The van der Waals surface area contributed by atoms with Crippen LogP contribution >= 0.6 is 23.2 Å². The molecule has 114 valence electrons. The number of benzene rings is 1. The molecule has 1 heterocycles. The number of aromatic nitrogens is 2. The van der Waals surface area contributed by atoms with Crippen molar-refractivity contribution in [1.29, 1.82) is 0 Å². The maximum absolute atomic E-state index is 12.6. The Morgan fingerprint density at radius 3 is 2.59 bits per heavy atom. The molecule has 0 unspecified atom stereocenters. The molecular formula is C15H14Cl2N4O. The van der Waals surface area contributed by atoms with Crippen LogP contribution in [0.4, 0.5) is 5.82 Å². The van der Waals surface area contributed by atoms with Crippen LogP contribution in [-0.4, -0.2) is 15.9 Å². The first-order valence-corrected chi connectivity index (χ1v) is 7.65. The topological polar surface area (TPSA) is 66.9 Å². The third kappa shape index (κ3) is 2.74. The van der Waals surface area contributed by atoms with Gasteiger partial charge in [0.15, 0.2) is 5.82 Å². The zero-order chi connectivity index (χ0) is 15.6. The number of nitrogens with one attached hydrogen (secondary N) is 2. The van der Waals surface area contributed by atoms with Crippen LogP contribution in [-0.2, 0) is 10.2 Å². The van der Waals surface area contributed by atoms with Crippen molar-refractivity contribution in [2.45, 2.75) is 24.7 Å². The van der Waals surface area contributed by atoms with Crippen molar-refractivity contribution in [2.75, 3.05) is 5.43 Å². The van der Waals surface area contributed by atoms with E-state index in [0.29, 0.717) is 15.9 Å². The number of amides is 1. The van der Waals surface area contributed by atoms with Crippen LogP contribution in [0.5, 0.6) is 0 Å². The second-order valence-electron chi connectivity index (χ2n) is 5.23. The van der Waals surface area contributed by atoms with Gasteiger partial charge in [0, 0.05) is 12.4 Å². The van der Waals surface area contributed by atoms with E-state index in [2.05, 4.69) is 20.8 Å². The number of hydrazine groups is 1. The fraction of sp³-hybridized carbons (Fsp3) is 0.267. The molecule has 22 heavy (non-hydrogen) atoms. The first kappa shape index (κ1) is 15.1. The Morgan fingerprint density at radius 1 is 1.18 bits per heavy atom. The van der Waals surface area contributed by atoms with E-state index >= 15 is 0 Å². The molecule has 7 heteroatoms. The van der Waals surface area contributed by atoms with E-state index in [9.17, 15) is 4.79 Å². The molecule has 1 aliphatic rings. The van der Waals surface area contributed by atoms with E-state index in [1.165, 1.54) is 6.20 Å². The maximum atomic E-state index is 12.6. The smallest absolute Gasteiger partial charge is 0.248 e. The minimum Gasteiger partial charge on any atom is -0.281 e. The highest BCUT2D eigenvalue weighted by Gasteiger charge is 2.45. The van der Waals surface area contributed by atoms with Gasteiger partial charge in [0.2, 0.25) is 5.91 Å². The fourth-order valence-electron chi connectivity index (χ4n) is 2.58. The van der Waals surface area contributed by atoms with Crippen LogP contribution in [0.1, 0.15) is 24.8 Å². The van der Waals surface area contributed by atoms with E-state index < -0.39 is 5.41 Å². The van der Waals surface area contributed by atoms with Gasteiger partial charge in [-0.15, -0.1) is 0 Å². The van der Waals surface area contributed by atoms with Crippen LogP contribution in [0, 0.1) is 0 Å². The number of nitrogens with zero attached hydrogens (tertiary/aromatic N) is 2. The van der Waals surface area contributed by atoms with Crippen LogP contribution < -0.4 is 10.9 Å². The third-order valence-corrected chi connectivity index (χ3v) is 4.72. The molecule has 0 radical (unpaired) electrons. The molecule has 0 saturated heterocycles. The fourth-order valence-corrected chi connectivity index (χ4v) is 2.87. The highest BCUT2D eigenvalue weighted by Crippen LogP contribution is 2.45. The summed E-state index contributed by atoms with van der Waals surface area (Å²) in [5.74, 6) is 0.377. The van der Waals surface area contributed by atoms with Crippen LogP contribution in [0.15, 0.2) is 36.8 Å². The Kier molecular flexibility index (Phi) is 4.18. The predicted octanol–water partition coefficient (Wildman–Crippen LogP) is 3.35. The van der Waals surface area contributed by atoms with Crippen LogP contribution in [0.25, 0.3) is 0 Å². The molecule has 0 aliphatic heterocycles. The summed E-state index contributed by atoms with van der Waals surface area (Å²) in [4.78, 5) is 20.6. The number of anilines is 1. The lowest BCUT2D eigenvalue weighted by Gasteiger charge is -2.40. The van der Waals surface area contributed by atoms with Crippen molar-refractivity contribution < 1.29 is 4.79 Å². The molecule has 1 fully saturated rings. The van der Waals surface area contributed by atoms with Crippen molar-refractivity contribution in [3.8, 4) is 0 Å². The van der Waals surface area contributed by atoms with Gasteiger partial charge in [-0.05, 0) is 30.5 Å². The molecule has 1 aromatic carbocycles. The summed E-state index contributed by atoms with van der Waals surface area (Å²) in [5, 5.41) is 0.943. The van der Waals surface area contributed by atoms with Crippen molar-refractivity contribution in [3.05, 3.63) is 52.4 Å². The number of rotatable bonds is 4. The average molecular weight is 337 g/mol. The maximum Gasteiger partial charge on any atom is 0.248 e. The molecule has 0 bridgehead atoms. The zero-order valence-corrected chi connectivity index (χ0v) is 13.2. The van der Waals surface area contributed by atoms with Gasteiger partial charge >= 0.3 is 0 Å². The minimum absolute atomic E-state index is 0.109. The molecule has 1 aromatic heterocycles. The molecule has 0 atom stereocenters. The highest BCUT2D eigenvalue weighted by atomic mass is 35.5. The summed E-state index contributed by atoms with van der Waals surface area (Å²) in [6, 6.07) is 5.35. The second kappa shape index (κ2) is 6.10. The predicted molar refractivity (Wildman–Crippen MR) is 85.8 cm³/mol. The highest BCUT2D eigenvalue weighted by molar-refractivity contribution is 6.42. The summed E-state index contributed by atoms with van der Waals surface area (Å²) in [6.07, 6.45) is 7.20. The quantitative estimate of drug-likeness (QED) is 0.840. The van der Waals surface area contributed by atoms with Crippen LogP contribution in [0.2, 0.25) is 10.0 Å². The van der Waals surface area contributed by atoms with E-state index in [1.807, 2.05) is 6.07 Å². The van der Waals surface area contributed by atoms with Crippen molar-refractivity contribution >= 4 is 34.9 Å². The van der Waals surface area contributed by atoms with Gasteiger partial charge in [-0.2, -0.15) is 0 Å². The molecule has 1 saturated carbocycles. The lowest BCUT2D eigenvalue weighted by Crippen LogP contribution is -2.50. The monoisotopic (exact) mass is 336 g/mol. The second-order valence-corrected chi connectivity index (χ2v) is 6.05. The summed E-state index contributed by atoms with van der Waals surface area (Å²) in [5.41, 5.74) is 5.80. The minimum atomic E-state index is -0.566. The third-order valence-electron chi connectivity index (χ3n) is 3.98. The van der Waals surface area contributed by atoms with E-state index in [0.717, 1.165) is 24.8 Å². The molecule has 5 nitrogen and oxygen atoms in total. The van der Waals surface area contributed by atoms with E-state index in [1.54, 1.807) is 24.5 Å². The van der Waals surface area contributed by atoms with Gasteiger partial charge in [-0.1, -0.05) is 35.7 Å². The number of hydrogen-bond acceptors (Lipinski definition) is 4. The SMILES string of the molecule is O=C(NNc1cnccn1)C1(c2ccc(Cl)c(Cl)c2)CCC1. The molecule has 2 N–H and O–H groups in total. The van der Waals surface area contributed by atoms with Crippen molar-refractivity contribution in [2.24, 2.45) is 0 Å². The van der Waals surface area contributed by atoms with Gasteiger partial charge < -0.3 is 0 Å². The Morgan fingerprint density at radius 2 is 2.00 bits per heavy atom. The van der Waals surface area contributed by atoms with E-state index in [-0.39, 0.29) is 5.91 Å². The number of halogens is 2. The summed E-state index contributed by atoms with van der Waals surface area (Å²) >= 11 is 12.0. The molecular weight excluding hydrogens is 323 g/mol. The largest absolute Gasteiger partial charge is 0.281 e. The van der Waals surface area contributed by atoms with Crippen LogP contribution in [0.3, 0.4) is 0 Å². The Hall–Kier alpha value is -1.85. The van der Waals surface area contributed by atoms with Crippen molar-refractivity contribution in [3.63, 3.8) is 0 Å². The zero-order valence-electron chi connectivity index (χ0n) is 11.6. The first-order chi connectivity index (χ1) is 10.6. The standard InChI is InChI=1S/C15H14Cl2N4O/c16-11-3-2-10(8-12(11)17)15(4-1-5-15)14(22)21-20-13-9-18-6-7-19-13/h2-3,6-9H,1,4-5H2,(H,19,20)(H,21,22). The summed E-state index contributed by atoms with van der Waals surface area (Å²) < 4.78 is 0. The van der Waals surface area contributed by atoms with Gasteiger partial charge in [0.05, 0.1) is 21.7 Å². The lowest BCUT2D eigenvalue weighted by atomic mass is 9.64. The molecule has 0 spiro atoms. The Bertz CT molecular complexity index is 689. The van der Waals surface area contributed by atoms with Gasteiger partial charge in [0.25, 0.3) is 0 Å². The molecule has 1 amide bonds. The first-order valence-electron chi connectivity index (χ1n) is 6.90. The number of carbonyl (C=O) groups excluding carboxylic acids is 1. The summed E-state index contributed by atoms with van der Waals surface area (Å²) in [6.45, 7) is 0.